The topological polar surface area (TPSA) is 133 Å². The molecule has 0 aliphatic heterocycles. The van der Waals surface area contributed by atoms with E-state index in [1.807, 2.05) is 24.3 Å². The molecule has 0 spiro atoms. The van der Waals surface area contributed by atoms with Gasteiger partial charge in [0.15, 0.2) is 0 Å². The Morgan fingerprint density at radius 2 is 1.93 bits per heavy atom. The van der Waals surface area contributed by atoms with Gasteiger partial charge in [0.25, 0.3) is 0 Å². The third-order valence-electron chi connectivity index (χ3n) is 4.02. The fourth-order valence-electron chi connectivity index (χ4n) is 2.51. The van der Waals surface area contributed by atoms with Crippen molar-refractivity contribution in [2.24, 2.45) is 5.14 Å². The van der Waals surface area contributed by atoms with Gasteiger partial charge < -0.3 is 5.32 Å². The normalized spacial score (nSPS) is 11.6. The first kappa shape index (κ1) is 21.0. The summed E-state index contributed by atoms with van der Waals surface area (Å²) in [6.45, 7) is 4.23. The van der Waals surface area contributed by atoms with Crippen LogP contribution in [0.4, 0.5) is 5.69 Å². The summed E-state index contributed by atoms with van der Waals surface area (Å²) in [5.74, 6) is 0.138. The van der Waals surface area contributed by atoms with Crippen molar-refractivity contribution < 1.29 is 13.2 Å². The highest BCUT2D eigenvalue weighted by molar-refractivity contribution is 7.99. The van der Waals surface area contributed by atoms with Crippen LogP contribution in [0.2, 0.25) is 0 Å². The Morgan fingerprint density at radius 1 is 1.21 bits per heavy atom. The number of primary sulfonamides is 1. The van der Waals surface area contributed by atoms with Gasteiger partial charge in [-0.3, -0.25) is 4.79 Å². The van der Waals surface area contributed by atoms with Gasteiger partial charge in [-0.05, 0) is 52.2 Å². The molecule has 0 saturated carbocycles. The number of thioether (sulfide) groups is 1. The maximum Gasteiger partial charge on any atom is 0.238 e. The highest BCUT2D eigenvalue weighted by Gasteiger charge is 2.13. The lowest BCUT2D eigenvalue weighted by Gasteiger charge is -2.08. The highest BCUT2D eigenvalue weighted by atomic mass is 32.2. The fraction of sp³-hybridized carbons (Fsp3) is 0.222. The molecule has 0 aliphatic rings. The third-order valence-corrected chi connectivity index (χ3v) is 5.85. The molecule has 152 valence electrons. The Kier molecular flexibility index (Phi) is 6.30. The molecule has 0 bridgehead atoms. The molecular weight excluding hydrogens is 412 g/mol. The van der Waals surface area contributed by atoms with Gasteiger partial charge in [0.1, 0.15) is 0 Å². The van der Waals surface area contributed by atoms with Crippen molar-refractivity contribution in [1.82, 2.24) is 20.2 Å². The molecule has 3 aromatic rings. The predicted octanol–water partition coefficient (Wildman–Crippen LogP) is 2.16. The summed E-state index contributed by atoms with van der Waals surface area (Å²) in [5.41, 5.74) is 2.34. The van der Waals surface area contributed by atoms with Crippen molar-refractivity contribution in [1.29, 1.82) is 0 Å². The monoisotopic (exact) mass is 432 g/mol. The minimum atomic E-state index is -3.84. The zero-order valence-electron chi connectivity index (χ0n) is 15.8. The second-order valence-electron chi connectivity index (χ2n) is 6.53. The summed E-state index contributed by atoms with van der Waals surface area (Å²) in [7, 11) is -3.84. The molecule has 11 heteroatoms. The van der Waals surface area contributed by atoms with E-state index in [0.29, 0.717) is 16.8 Å². The molecule has 0 aliphatic carbocycles. The van der Waals surface area contributed by atoms with E-state index in [-0.39, 0.29) is 16.6 Å². The first-order valence-corrected chi connectivity index (χ1v) is 11.2. The minimum Gasteiger partial charge on any atom is -0.325 e. The second kappa shape index (κ2) is 8.72. The Balaban J connectivity index is 1.65. The van der Waals surface area contributed by atoms with Crippen LogP contribution in [0.3, 0.4) is 0 Å². The summed E-state index contributed by atoms with van der Waals surface area (Å²) in [6, 6.07) is 13.6. The van der Waals surface area contributed by atoms with Crippen LogP contribution in [-0.4, -0.2) is 40.3 Å². The second-order valence-corrected chi connectivity index (χ2v) is 9.03. The number of carbonyl (C=O) groups is 1. The zero-order chi connectivity index (χ0) is 21.0. The van der Waals surface area contributed by atoms with Crippen LogP contribution in [0.5, 0.6) is 0 Å². The minimum absolute atomic E-state index is 0.0457. The summed E-state index contributed by atoms with van der Waals surface area (Å²) >= 11 is 1.17. The van der Waals surface area contributed by atoms with Gasteiger partial charge in [-0.15, -0.1) is 5.10 Å². The number of hydrogen-bond donors (Lipinski definition) is 2. The number of hydrogen-bond acceptors (Lipinski definition) is 7. The molecule has 9 nitrogen and oxygen atoms in total. The lowest BCUT2D eigenvalue weighted by Crippen LogP contribution is -2.16. The van der Waals surface area contributed by atoms with E-state index in [1.54, 1.807) is 10.7 Å². The van der Waals surface area contributed by atoms with Crippen molar-refractivity contribution in [3.8, 4) is 5.69 Å². The molecule has 3 N–H and O–H groups in total. The fourth-order valence-corrected chi connectivity index (χ4v) is 3.76. The Hall–Kier alpha value is -2.76. The van der Waals surface area contributed by atoms with Crippen molar-refractivity contribution in [3.63, 3.8) is 0 Å². The number of benzene rings is 2. The van der Waals surface area contributed by atoms with Gasteiger partial charge in [0.2, 0.25) is 21.1 Å². The standard InChI is InChI=1S/C18H20N6O3S2/c1-12(2)13-6-8-15(9-7-13)24-18(21-22-23-24)28-11-17(25)20-14-4-3-5-16(10-14)29(19,26)27/h3-10,12H,11H2,1-2H3,(H,20,25)(H2,19,26,27). The molecule has 2 aromatic carbocycles. The van der Waals surface area contributed by atoms with Gasteiger partial charge in [-0.1, -0.05) is 43.8 Å². The first-order valence-electron chi connectivity index (χ1n) is 8.68. The van der Waals surface area contributed by atoms with Crippen LogP contribution in [0, 0.1) is 0 Å². The number of amides is 1. The third kappa shape index (κ3) is 5.40. The van der Waals surface area contributed by atoms with E-state index < -0.39 is 10.0 Å². The number of aromatic nitrogens is 4. The van der Waals surface area contributed by atoms with Gasteiger partial charge in [0.05, 0.1) is 16.3 Å². The molecule has 1 heterocycles. The Morgan fingerprint density at radius 3 is 2.59 bits per heavy atom. The molecule has 1 aromatic heterocycles. The molecular formula is C18H20N6O3S2. The number of nitrogens with zero attached hydrogens (tertiary/aromatic N) is 4. The van der Waals surface area contributed by atoms with Crippen LogP contribution in [0.15, 0.2) is 58.6 Å². The quantitative estimate of drug-likeness (QED) is 0.547. The van der Waals surface area contributed by atoms with Crippen molar-refractivity contribution in [2.75, 3.05) is 11.1 Å². The number of nitrogens with one attached hydrogen (secondary N) is 1. The number of nitrogens with two attached hydrogens (primary N) is 1. The van der Waals surface area contributed by atoms with Gasteiger partial charge in [-0.2, -0.15) is 4.68 Å². The number of tetrazole rings is 1. The number of carbonyl (C=O) groups excluding carboxylic acids is 1. The van der Waals surface area contributed by atoms with E-state index in [1.165, 1.54) is 35.5 Å². The van der Waals surface area contributed by atoms with E-state index in [4.69, 9.17) is 5.14 Å². The van der Waals surface area contributed by atoms with Gasteiger partial charge in [0, 0.05) is 5.69 Å². The molecule has 3 rings (SSSR count). The molecule has 29 heavy (non-hydrogen) atoms. The zero-order valence-corrected chi connectivity index (χ0v) is 17.4. The van der Waals surface area contributed by atoms with E-state index >= 15 is 0 Å². The molecule has 0 unspecified atom stereocenters. The maximum absolute atomic E-state index is 12.2. The SMILES string of the molecule is CC(C)c1ccc(-n2nnnc2SCC(=O)Nc2cccc(S(N)(=O)=O)c2)cc1. The Bertz CT molecular complexity index is 1110. The number of sulfonamides is 1. The number of anilines is 1. The largest absolute Gasteiger partial charge is 0.325 e. The summed E-state index contributed by atoms with van der Waals surface area (Å²) < 4.78 is 24.4. The van der Waals surface area contributed by atoms with Gasteiger partial charge in [-0.25, -0.2) is 13.6 Å². The summed E-state index contributed by atoms with van der Waals surface area (Å²) in [6.07, 6.45) is 0. The Labute approximate surface area is 172 Å². The van der Waals surface area contributed by atoms with Crippen LogP contribution >= 0.6 is 11.8 Å². The molecule has 0 fully saturated rings. The molecule has 0 atom stereocenters. The van der Waals surface area contributed by atoms with Crippen LogP contribution in [0.1, 0.15) is 25.3 Å². The van der Waals surface area contributed by atoms with Crippen LogP contribution in [-0.2, 0) is 14.8 Å². The van der Waals surface area contributed by atoms with Crippen LogP contribution in [0.25, 0.3) is 5.69 Å². The molecule has 0 radical (unpaired) electrons. The van der Waals surface area contributed by atoms with Crippen molar-refractivity contribution in [3.05, 3.63) is 54.1 Å². The van der Waals surface area contributed by atoms with Crippen LogP contribution < -0.4 is 10.5 Å². The van der Waals surface area contributed by atoms with E-state index in [0.717, 1.165) is 5.69 Å². The van der Waals surface area contributed by atoms with Gasteiger partial charge >= 0.3 is 0 Å². The molecule has 0 saturated heterocycles. The van der Waals surface area contributed by atoms with E-state index in [9.17, 15) is 13.2 Å². The first-order chi connectivity index (χ1) is 13.7. The van der Waals surface area contributed by atoms with Crippen molar-refractivity contribution in [2.45, 2.75) is 29.8 Å². The maximum atomic E-state index is 12.2. The molecule has 1 amide bonds. The highest BCUT2D eigenvalue weighted by Crippen LogP contribution is 2.21. The number of rotatable bonds is 7. The predicted molar refractivity (Wildman–Crippen MR) is 110 cm³/mol. The summed E-state index contributed by atoms with van der Waals surface area (Å²) in [4.78, 5) is 12.2. The van der Waals surface area contributed by atoms with Crippen molar-refractivity contribution >= 4 is 33.4 Å². The van der Waals surface area contributed by atoms with E-state index in [2.05, 4.69) is 34.7 Å². The lowest BCUT2D eigenvalue weighted by atomic mass is 10.0. The summed E-state index contributed by atoms with van der Waals surface area (Å²) in [5, 5.41) is 19.8. The average Bonchev–Trinajstić information content (AvgIpc) is 3.14. The lowest BCUT2D eigenvalue weighted by molar-refractivity contribution is -0.113. The smallest absolute Gasteiger partial charge is 0.238 e. The average molecular weight is 433 g/mol.